The zero-order chi connectivity index (χ0) is 26.1. The minimum absolute atomic E-state index is 0.0747. The predicted octanol–water partition coefficient (Wildman–Crippen LogP) is 4.29. The third-order valence-electron chi connectivity index (χ3n) is 8.26. The van der Waals surface area contributed by atoms with Gasteiger partial charge < -0.3 is 19.7 Å². The van der Waals surface area contributed by atoms with Gasteiger partial charge in [0.15, 0.2) is 6.23 Å². The number of nitrogens with zero attached hydrogens (tertiary/aromatic N) is 4. The number of fused-ring (bicyclic) bond motifs is 1. The average molecular weight is 534 g/mol. The summed E-state index contributed by atoms with van der Waals surface area (Å²) in [4.78, 5) is 30.5. The van der Waals surface area contributed by atoms with Crippen LogP contribution in [0.15, 0.2) is 53.3 Å². The molecule has 3 unspecified atom stereocenters. The summed E-state index contributed by atoms with van der Waals surface area (Å²) in [6.07, 6.45) is 12.3. The van der Waals surface area contributed by atoms with E-state index in [1.54, 1.807) is 13.3 Å². The Balaban J connectivity index is 1.17. The number of piperidine rings is 1. The number of carbonyl (C=O) groups excluding carboxylic acids is 1. The van der Waals surface area contributed by atoms with Crippen LogP contribution in [-0.2, 0) is 4.74 Å². The molecule has 9 heteroatoms. The number of rotatable bonds is 5. The molecule has 1 amide bonds. The van der Waals surface area contributed by atoms with Gasteiger partial charge in [-0.2, -0.15) is 11.8 Å². The van der Waals surface area contributed by atoms with Crippen LogP contribution in [0.25, 0.3) is 16.6 Å². The molecule has 38 heavy (non-hydrogen) atoms. The average Bonchev–Trinajstić information content (AvgIpc) is 3.41. The van der Waals surface area contributed by atoms with Crippen molar-refractivity contribution in [1.29, 1.82) is 0 Å². The quantitative estimate of drug-likeness (QED) is 0.596. The number of H-pyrrole nitrogens is 1. The van der Waals surface area contributed by atoms with E-state index in [1.807, 2.05) is 47.0 Å². The summed E-state index contributed by atoms with van der Waals surface area (Å²) in [6.45, 7) is 3.94. The van der Waals surface area contributed by atoms with Crippen LogP contribution >= 0.6 is 11.8 Å². The number of aromatic amines is 1. The van der Waals surface area contributed by atoms with Crippen LogP contribution < -0.4 is 0 Å². The molecule has 6 rings (SSSR count). The van der Waals surface area contributed by atoms with E-state index in [0.717, 1.165) is 37.0 Å². The van der Waals surface area contributed by atoms with E-state index in [0.29, 0.717) is 29.4 Å². The van der Waals surface area contributed by atoms with Crippen LogP contribution in [0.4, 0.5) is 0 Å². The number of dihydropyridines is 1. The van der Waals surface area contributed by atoms with Crippen LogP contribution in [0.1, 0.15) is 35.4 Å². The van der Waals surface area contributed by atoms with E-state index in [9.17, 15) is 9.90 Å². The Morgan fingerprint density at radius 1 is 1.18 bits per heavy atom. The second-order valence-corrected chi connectivity index (χ2v) is 11.7. The number of aliphatic hydroxyl groups excluding tert-OH is 1. The number of methoxy groups -OCH3 is 1. The highest BCUT2D eigenvalue weighted by atomic mass is 32.2. The van der Waals surface area contributed by atoms with E-state index in [-0.39, 0.29) is 29.7 Å². The largest absolute Gasteiger partial charge is 0.508 e. The second-order valence-electron chi connectivity index (χ2n) is 10.4. The van der Waals surface area contributed by atoms with Crippen molar-refractivity contribution >= 4 is 40.5 Å². The third kappa shape index (κ3) is 5.07. The number of hydrogen-bond donors (Lipinski definition) is 2. The number of thioether (sulfide) groups is 1. The first-order valence-corrected chi connectivity index (χ1v) is 14.7. The molecule has 3 aliphatic heterocycles. The van der Waals surface area contributed by atoms with E-state index in [1.165, 1.54) is 24.6 Å². The standard InChI is InChI=1S/C29H35N5O3S/c1-37-28-22(3-2-10-30-28)19-5-7-26(35)23(17-19)27-31-24-6-4-20(18-25(24)32-27)29(36)34-11-8-21(9-12-34)33-13-15-38-16-14-33/h2-4,6-7,10,17-19,21-22,28,35H,5,8-9,11-16H2,1H3,(H,31,32). The molecular weight excluding hydrogens is 498 g/mol. The summed E-state index contributed by atoms with van der Waals surface area (Å²) in [6, 6.07) is 6.25. The monoisotopic (exact) mass is 533 g/mol. The molecule has 2 fully saturated rings. The Morgan fingerprint density at radius 3 is 2.79 bits per heavy atom. The number of carbonyl (C=O) groups is 1. The van der Waals surface area contributed by atoms with Gasteiger partial charge in [0.1, 0.15) is 11.6 Å². The fraction of sp³-hybridized carbons (Fsp3) is 0.483. The maximum atomic E-state index is 13.3. The molecule has 200 valence electrons. The Bertz CT molecular complexity index is 1300. The van der Waals surface area contributed by atoms with Crippen molar-refractivity contribution in [2.24, 2.45) is 16.8 Å². The van der Waals surface area contributed by atoms with Crippen molar-refractivity contribution in [2.75, 3.05) is 44.8 Å². The molecule has 2 saturated heterocycles. The summed E-state index contributed by atoms with van der Waals surface area (Å²) >= 11 is 2.04. The molecule has 2 N–H and O–H groups in total. The first-order valence-electron chi connectivity index (χ1n) is 13.6. The van der Waals surface area contributed by atoms with Gasteiger partial charge in [-0.25, -0.2) is 4.98 Å². The zero-order valence-electron chi connectivity index (χ0n) is 21.8. The molecule has 0 spiro atoms. The van der Waals surface area contributed by atoms with Gasteiger partial charge in [0.05, 0.1) is 16.6 Å². The number of nitrogens with one attached hydrogen (secondary N) is 1. The summed E-state index contributed by atoms with van der Waals surface area (Å²) in [5, 5.41) is 10.7. The molecule has 0 saturated carbocycles. The van der Waals surface area contributed by atoms with Gasteiger partial charge in [-0.1, -0.05) is 12.2 Å². The second kappa shape index (κ2) is 11.1. The van der Waals surface area contributed by atoms with Crippen molar-refractivity contribution in [2.45, 2.75) is 31.5 Å². The summed E-state index contributed by atoms with van der Waals surface area (Å²) < 4.78 is 5.57. The number of hydrogen-bond acceptors (Lipinski definition) is 7. The number of aliphatic hydroxyl groups is 1. The van der Waals surface area contributed by atoms with E-state index in [4.69, 9.17) is 9.72 Å². The first kappa shape index (κ1) is 25.4. The van der Waals surface area contributed by atoms with Crippen LogP contribution in [0, 0.1) is 11.8 Å². The molecular formula is C29H35N5O3S. The number of aliphatic imine (C=N–C) groups is 1. The summed E-state index contributed by atoms with van der Waals surface area (Å²) in [5.41, 5.74) is 2.90. The van der Waals surface area contributed by atoms with Crippen molar-refractivity contribution in [3.8, 4) is 0 Å². The molecule has 0 bridgehead atoms. The van der Waals surface area contributed by atoms with Crippen molar-refractivity contribution in [3.05, 3.63) is 59.7 Å². The van der Waals surface area contributed by atoms with Gasteiger partial charge >= 0.3 is 0 Å². The van der Waals surface area contributed by atoms with Crippen molar-refractivity contribution in [3.63, 3.8) is 0 Å². The smallest absolute Gasteiger partial charge is 0.253 e. The Morgan fingerprint density at radius 2 is 2.00 bits per heavy atom. The molecule has 4 heterocycles. The topological polar surface area (TPSA) is 94.1 Å². The third-order valence-corrected chi connectivity index (χ3v) is 9.20. The van der Waals surface area contributed by atoms with Crippen molar-refractivity contribution < 1.29 is 14.6 Å². The first-order chi connectivity index (χ1) is 18.6. The maximum absolute atomic E-state index is 13.3. The summed E-state index contributed by atoms with van der Waals surface area (Å²) in [7, 11) is 1.67. The number of imidazole rings is 1. The number of likely N-dealkylation sites (tertiary alicyclic amines) is 1. The Kier molecular flexibility index (Phi) is 7.41. The minimum Gasteiger partial charge on any atom is -0.508 e. The lowest BCUT2D eigenvalue weighted by molar-refractivity contribution is 0.0608. The number of aromatic nitrogens is 2. The molecule has 8 nitrogen and oxygen atoms in total. The van der Waals surface area contributed by atoms with Gasteiger partial charge in [0.25, 0.3) is 5.91 Å². The highest BCUT2D eigenvalue weighted by molar-refractivity contribution is 7.99. The molecule has 1 aromatic carbocycles. The molecule has 0 radical (unpaired) electrons. The fourth-order valence-electron chi connectivity index (χ4n) is 6.10. The van der Waals surface area contributed by atoms with Gasteiger partial charge in [-0.05, 0) is 55.5 Å². The number of benzene rings is 1. The highest BCUT2D eigenvalue weighted by Gasteiger charge is 2.31. The predicted molar refractivity (Wildman–Crippen MR) is 153 cm³/mol. The van der Waals surface area contributed by atoms with Gasteiger partial charge in [-0.3, -0.25) is 14.7 Å². The van der Waals surface area contributed by atoms with Crippen LogP contribution in [-0.4, -0.2) is 94.1 Å². The normalized spacial score (nSPS) is 27.0. The molecule has 4 aliphatic rings. The van der Waals surface area contributed by atoms with E-state index >= 15 is 0 Å². The lowest BCUT2D eigenvalue weighted by Crippen LogP contribution is -2.49. The number of allylic oxidation sites excluding steroid dienone is 4. The fourth-order valence-corrected chi connectivity index (χ4v) is 7.03. The Hall–Kier alpha value is -2.88. The van der Waals surface area contributed by atoms with Gasteiger partial charge in [-0.15, -0.1) is 0 Å². The molecule has 1 aliphatic carbocycles. The SMILES string of the molecule is COC1N=CC=CC1C1C=C(c2nc3ccc(C(=O)N4CCC(N5CCSCC5)CC4)cc3[nH]2)C(O)=CC1. The van der Waals surface area contributed by atoms with Crippen LogP contribution in [0.2, 0.25) is 0 Å². The van der Waals surface area contributed by atoms with Crippen molar-refractivity contribution in [1.82, 2.24) is 19.8 Å². The molecule has 2 aromatic rings. The number of ether oxygens (including phenoxy) is 1. The lowest BCUT2D eigenvalue weighted by atomic mass is 9.82. The molecule has 3 atom stereocenters. The van der Waals surface area contributed by atoms with Gasteiger partial charge in [0.2, 0.25) is 0 Å². The Labute approximate surface area is 227 Å². The van der Waals surface area contributed by atoms with E-state index in [2.05, 4.69) is 27.0 Å². The maximum Gasteiger partial charge on any atom is 0.253 e. The van der Waals surface area contributed by atoms with Crippen LogP contribution in [0.3, 0.4) is 0 Å². The minimum atomic E-state index is -0.246. The van der Waals surface area contributed by atoms with Gasteiger partial charge in [0, 0.05) is 68.5 Å². The number of amides is 1. The van der Waals surface area contributed by atoms with E-state index < -0.39 is 0 Å². The highest BCUT2D eigenvalue weighted by Crippen LogP contribution is 2.36. The summed E-state index contributed by atoms with van der Waals surface area (Å²) in [5.74, 6) is 3.52. The lowest BCUT2D eigenvalue weighted by Gasteiger charge is -2.40. The van der Waals surface area contributed by atoms with Crippen LogP contribution in [0.5, 0.6) is 0 Å². The molecule has 1 aromatic heterocycles. The zero-order valence-corrected chi connectivity index (χ0v) is 22.6.